The molecule has 4 nitrogen and oxygen atoms in total. The van der Waals surface area contributed by atoms with Crippen molar-refractivity contribution in [3.05, 3.63) is 18.2 Å². The topological polar surface area (TPSA) is 46.0 Å². The molecule has 0 unspecified atom stereocenters. The van der Waals surface area contributed by atoms with E-state index in [1.165, 1.54) is 0 Å². The van der Waals surface area contributed by atoms with Crippen molar-refractivity contribution in [1.82, 2.24) is 19.6 Å². The van der Waals surface area contributed by atoms with E-state index in [1.807, 2.05) is 17.5 Å². The van der Waals surface area contributed by atoms with Crippen molar-refractivity contribution >= 4 is 5.78 Å². The first-order valence-corrected chi connectivity index (χ1v) is 2.71. The molecule has 0 bridgehead atoms. The molecule has 0 aromatic carbocycles. The van der Waals surface area contributed by atoms with Crippen molar-refractivity contribution in [2.45, 2.75) is 6.92 Å². The van der Waals surface area contributed by atoms with E-state index < -0.39 is 0 Å². The van der Waals surface area contributed by atoms with Crippen LogP contribution in [0.2, 0.25) is 0 Å². The lowest BCUT2D eigenvalue weighted by atomic mass is 10.6. The van der Waals surface area contributed by atoms with Gasteiger partial charge in [0, 0.05) is 11.9 Å². The number of rotatable bonds is 0. The average Bonchev–Trinajstić information content (AvgIpc) is 2.35. The Hall–Kier alpha value is -1.32. The van der Waals surface area contributed by atoms with Crippen LogP contribution < -0.4 is 0 Å². The van der Waals surface area contributed by atoms with Crippen molar-refractivity contribution in [2.75, 3.05) is 0 Å². The maximum Gasteiger partial charge on any atom is 0.232 e. The summed E-state index contributed by atoms with van der Waals surface area (Å²) in [6.07, 6.45) is 3.57. The van der Waals surface area contributed by atoms with Crippen molar-refractivity contribution in [2.24, 2.45) is 0 Å². The van der Waals surface area contributed by atoms with Gasteiger partial charge in [-0.1, -0.05) is 0 Å². The van der Waals surface area contributed by atoms with E-state index in [-0.39, 0.29) is 0 Å². The summed E-state index contributed by atoms with van der Waals surface area (Å²) in [4.78, 5) is 2.96. The van der Waals surface area contributed by atoms with Crippen LogP contribution in [0.3, 0.4) is 0 Å². The number of imidazole rings is 1. The smallest absolute Gasteiger partial charge is 0.232 e. The fourth-order valence-corrected chi connectivity index (χ4v) is 0.830. The summed E-state index contributed by atoms with van der Waals surface area (Å²) in [5.74, 6) is 0.799. The van der Waals surface area contributed by atoms with Crippen LogP contribution in [0, 0.1) is 6.92 Å². The van der Waals surface area contributed by atoms with Crippen LogP contribution in [-0.2, 0) is 0 Å². The number of hydrogen-bond donors (Lipinski definition) is 1. The van der Waals surface area contributed by atoms with Crippen molar-refractivity contribution in [3.63, 3.8) is 0 Å². The molecule has 0 aliphatic carbocycles. The highest BCUT2D eigenvalue weighted by atomic mass is 15.3. The second-order valence-electron chi connectivity index (χ2n) is 1.95. The second kappa shape index (κ2) is 1.34. The maximum absolute atomic E-state index is 3.80. The number of nitrogens with zero attached hydrogens (tertiary/aromatic N) is 3. The van der Waals surface area contributed by atoms with Crippen molar-refractivity contribution in [3.8, 4) is 0 Å². The number of aryl methyl sites for hydroxylation is 1. The molecule has 0 radical (unpaired) electrons. The van der Waals surface area contributed by atoms with Gasteiger partial charge in [0.25, 0.3) is 0 Å². The lowest BCUT2D eigenvalue weighted by Gasteiger charge is -1.79. The first-order chi connectivity index (χ1) is 4.38. The van der Waals surface area contributed by atoms with Gasteiger partial charge < -0.3 is 4.98 Å². The molecule has 2 rings (SSSR count). The van der Waals surface area contributed by atoms with Crippen molar-refractivity contribution < 1.29 is 0 Å². The Morgan fingerprint density at radius 2 is 2.56 bits per heavy atom. The third kappa shape index (κ3) is 0.468. The number of fused-ring (bicyclic) bond motifs is 1. The fraction of sp³-hybridized carbons (Fsp3) is 0.200. The zero-order chi connectivity index (χ0) is 6.27. The predicted octanol–water partition coefficient (Wildman–Crippen LogP) is 0.366. The van der Waals surface area contributed by atoms with Gasteiger partial charge in [-0.3, -0.25) is 4.40 Å². The first kappa shape index (κ1) is 4.55. The summed E-state index contributed by atoms with van der Waals surface area (Å²) < 4.78 is 1.89. The molecule has 2 aromatic rings. The molecule has 0 fully saturated rings. The Balaban J connectivity index is 2.99. The van der Waals surface area contributed by atoms with Gasteiger partial charge in [0.15, 0.2) is 0 Å². The molecule has 46 valence electrons. The molecule has 0 aliphatic heterocycles. The molecule has 0 amide bonds. The van der Waals surface area contributed by atoms with Gasteiger partial charge in [-0.05, 0) is 6.92 Å². The van der Waals surface area contributed by atoms with Crippen LogP contribution >= 0.6 is 0 Å². The number of H-pyrrole nitrogens is 1. The second-order valence-corrected chi connectivity index (χ2v) is 1.95. The zero-order valence-electron chi connectivity index (χ0n) is 5.00. The summed E-state index contributed by atoms with van der Waals surface area (Å²) in [5, 5.41) is 7.50. The monoisotopic (exact) mass is 122 g/mol. The largest absolute Gasteiger partial charge is 0.329 e. The van der Waals surface area contributed by atoms with Gasteiger partial charge in [0.1, 0.15) is 6.33 Å². The SMILES string of the molecule is Cc1c[nH]c2nncn12. The summed E-state index contributed by atoms with van der Waals surface area (Å²) in [6, 6.07) is 0. The highest BCUT2D eigenvalue weighted by Crippen LogP contribution is 1.98. The zero-order valence-corrected chi connectivity index (χ0v) is 5.00. The first-order valence-electron chi connectivity index (χ1n) is 2.71. The molecule has 0 saturated heterocycles. The molecule has 2 heterocycles. The minimum atomic E-state index is 0.799. The Morgan fingerprint density at radius 1 is 1.67 bits per heavy atom. The van der Waals surface area contributed by atoms with E-state index in [4.69, 9.17) is 0 Å². The van der Waals surface area contributed by atoms with Crippen LogP contribution in [-0.4, -0.2) is 19.6 Å². The third-order valence-corrected chi connectivity index (χ3v) is 1.34. The molecule has 2 aromatic heterocycles. The van der Waals surface area contributed by atoms with Gasteiger partial charge in [0.2, 0.25) is 5.78 Å². The number of aromatic amines is 1. The lowest BCUT2D eigenvalue weighted by Crippen LogP contribution is -1.77. The van der Waals surface area contributed by atoms with E-state index in [2.05, 4.69) is 15.2 Å². The number of hydrogen-bond acceptors (Lipinski definition) is 2. The highest BCUT2D eigenvalue weighted by Gasteiger charge is 1.96. The standard InChI is InChI=1S/C5H6N4/c1-4-2-6-5-8-7-3-9(4)5/h2-3H,1H3,(H,6,8). The van der Waals surface area contributed by atoms with E-state index in [0.29, 0.717) is 0 Å². The van der Waals surface area contributed by atoms with Crippen LogP contribution in [0.15, 0.2) is 12.5 Å². The average molecular weight is 122 g/mol. The van der Waals surface area contributed by atoms with E-state index in [0.717, 1.165) is 11.5 Å². The van der Waals surface area contributed by atoms with Crippen LogP contribution in [0.1, 0.15) is 5.69 Å². The minimum Gasteiger partial charge on any atom is -0.329 e. The molecule has 9 heavy (non-hydrogen) atoms. The maximum atomic E-state index is 3.80. The molecule has 1 N–H and O–H groups in total. The van der Waals surface area contributed by atoms with Gasteiger partial charge in [-0.2, -0.15) is 0 Å². The normalized spacial score (nSPS) is 10.8. The van der Waals surface area contributed by atoms with Crippen LogP contribution in [0.25, 0.3) is 5.78 Å². The van der Waals surface area contributed by atoms with E-state index in [9.17, 15) is 0 Å². The van der Waals surface area contributed by atoms with Crippen LogP contribution in [0.4, 0.5) is 0 Å². The summed E-state index contributed by atoms with van der Waals surface area (Å²) in [5.41, 5.74) is 1.12. The Morgan fingerprint density at radius 3 is 3.33 bits per heavy atom. The molecule has 0 spiro atoms. The predicted molar refractivity (Wildman–Crippen MR) is 32.1 cm³/mol. The van der Waals surface area contributed by atoms with Gasteiger partial charge in [0.05, 0.1) is 0 Å². The van der Waals surface area contributed by atoms with Gasteiger partial charge in [-0.15, -0.1) is 10.2 Å². The Kier molecular flexibility index (Phi) is 0.677. The Labute approximate surface area is 51.5 Å². The fourth-order valence-electron chi connectivity index (χ4n) is 0.830. The van der Waals surface area contributed by atoms with E-state index in [1.54, 1.807) is 6.33 Å². The summed E-state index contributed by atoms with van der Waals surface area (Å²) in [7, 11) is 0. The lowest BCUT2D eigenvalue weighted by molar-refractivity contribution is 1.07. The van der Waals surface area contributed by atoms with Crippen LogP contribution in [0.5, 0.6) is 0 Å². The van der Waals surface area contributed by atoms with Gasteiger partial charge >= 0.3 is 0 Å². The third-order valence-electron chi connectivity index (χ3n) is 1.34. The molecule has 4 heteroatoms. The summed E-state index contributed by atoms with van der Waals surface area (Å²) in [6.45, 7) is 1.99. The summed E-state index contributed by atoms with van der Waals surface area (Å²) >= 11 is 0. The Bertz CT molecular complexity index is 318. The molecular weight excluding hydrogens is 116 g/mol. The molecular formula is C5H6N4. The number of aromatic nitrogens is 4. The molecule has 0 saturated carbocycles. The number of nitrogens with one attached hydrogen (secondary N) is 1. The van der Waals surface area contributed by atoms with E-state index >= 15 is 0 Å². The molecule has 0 aliphatic rings. The minimum absolute atomic E-state index is 0.799. The van der Waals surface area contributed by atoms with Gasteiger partial charge in [-0.25, -0.2) is 0 Å². The molecule has 0 atom stereocenters. The highest BCUT2D eigenvalue weighted by molar-refractivity contribution is 5.27. The quantitative estimate of drug-likeness (QED) is 0.548. The van der Waals surface area contributed by atoms with Crippen molar-refractivity contribution in [1.29, 1.82) is 0 Å².